The Labute approximate surface area is 110 Å². The zero-order valence-corrected chi connectivity index (χ0v) is 11.8. The summed E-state index contributed by atoms with van der Waals surface area (Å²) in [5, 5.41) is 3.23. The first-order chi connectivity index (χ1) is 8.13. The number of halogens is 2. The molecule has 1 aliphatic rings. The molecule has 2 unspecified atom stereocenters. The fraction of sp³-hybridized carbons (Fsp3) is 0.538. The third kappa shape index (κ3) is 2.69. The second-order valence-electron chi connectivity index (χ2n) is 4.71. The van der Waals surface area contributed by atoms with E-state index in [1.165, 1.54) is 6.42 Å². The second kappa shape index (κ2) is 5.46. The van der Waals surface area contributed by atoms with Gasteiger partial charge in [0.05, 0.1) is 4.47 Å². The van der Waals surface area contributed by atoms with E-state index >= 15 is 0 Å². The van der Waals surface area contributed by atoms with Crippen LogP contribution in [0.5, 0.6) is 0 Å². The molecule has 17 heavy (non-hydrogen) atoms. The number of hydrogen-bond acceptors (Lipinski definition) is 2. The zero-order chi connectivity index (χ0) is 12.4. The van der Waals surface area contributed by atoms with Gasteiger partial charge in [-0.2, -0.15) is 0 Å². The minimum absolute atomic E-state index is 0.175. The molecule has 1 saturated heterocycles. The maximum Gasteiger partial charge on any atom is 0.137 e. The average Bonchev–Trinajstić information content (AvgIpc) is 2.65. The molecular formula is C13H18BrFN2. The average molecular weight is 301 g/mol. The Hall–Kier alpha value is -0.450. The van der Waals surface area contributed by atoms with Crippen LogP contribution in [0.2, 0.25) is 0 Å². The van der Waals surface area contributed by atoms with Gasteiger partial charge in [0.25, 0.3) is 0 Å². The standard InChI is InChI=1S/C13H18BrFN2/c1-16-8-10-5-6-17(2)13(10)9-3-4-11(14)12(15)7-9/h3-4,7,10,13,16H,5-6,8H2,1-2H3. The summed E-state index contributed by atoms with van der Waals surface area (Å²) >= 11 is 3.20. The van der Waals surface area contributed by atoms with Crippen molar-refractivity contribution in [2.75, 3.05) is 27.2 Å². The van der Waals surface area contributed by atoms with Crippen molar-refractivity contribution in [2.45, 2.75) is 12.5 Å². The lowest BCUT2D eigenvalue weighted by Gasteiger charge is -2.25. The largest absolute Gasteiger partial charge is 0.319 e. The molecule has 94 valence electrons. The summed E-state index contributed by atoms with van der Waals surface area (Å²) in [6, 6.07) is 5.79. The first-order valence-electron chi connectivity index (χ1n) is 5.93. The summed E-state index contributed by atoms with van der Waals surface area (Å²) in [4.78, 5) is 2.31. The third-order valence-electron chi connectivity index (χ3n) is 3.53. The summed E-state index contributed by atoms with van der Waals surface area (Å²) in [6.07, 6.45) is 1.17. The molecule has 2 rings (SSSR count). The second-order valence-corrected chi connectivity index (χ2v) is 5.56. The van der Waals surface area contributed by atoms with Gasteiger partial charge in [0, 0.05) is 6.04 Å². The molecule has 0 radical (unpaired) electrons. The minimum Gasteiger partial charge on any atom is -0.319 e. The van der Waals surface area contributed by atoms with E-state index < -0.39 is 0 Å². The molecule has 0 spiro atoms. The molecule has 1 N–H and O–H groups in total. The predicted molar refractivity (Wildman–Crippen MR) is 71.5 cm³/mol. The van der Waals surface area contributed by atoms with E-state index in [9.17, 15) is 4.39 Å². The van der Waals surface area contributed by atoms with Crippen LogP contribution in [0.15, 0.2) is 22.7 Å². The van der Waals surface area contributed by atoms with Crippen LogP contribution in [-0.4, -0.2) is 32.1 Å². The van der Waals surface area contributed by atoms with Crippen molar-refractivity contribution in [1.82, 2.24) is 10.2 Å². The quantitative estimate of drug-likeness (QED) is 0.923. The molecule has 1 heterocycles. The van der Waals surface area contributed by atoms with Gasteiger partial charge in [-0.3, -0.25) is 4.90 Å². The minimum atomic E-state index is -0.175. The zero-order valence-electron chi connectivity index (χ0n) is 10.2. The van der Waals surface area contributed by atoms with Crippen LogP contribution in [-0.2, 0) is 0 Å². The van der Waals surface area contributed by atoms with Gasteiger partial charge in [0.15, 0.2) is 0 Å². The molecule has 4 heteroatoms. The molecule has 0 aromatic heterocycles. The number of likely N-dealkylation sites (tertiary alicyclic amines) is 1. The van der Waals surface area contributed by atoms with Crippen molar-refractivity contribution in [3.05, 3.63) is 34.1 Å². The maximum absolute atomic E-state index is 13.6. The number of benzene rings is 1. The van der Waals surface area contributed by atoms with E-state index in [0.717, 1.165) is 18.7 Å². The van der Waals surface area contributed by atoms with Crippen LogP contribution in [0.25, 0.3) is 0 Å². The molecular weight excluding hydrogens is 283 g/mol. The van der Waals surface area contributed by atoms with E-state index in [4.69, 9.17) is 0 Å². The van der Waals surface area contributed by atoms with Crippen LogP contribution in [0.3, 0.4) is 0 Å². The maximum atomic E-state index is 13.6. The SMILES string of the molecule is CNCC1CCN(C)C1c1ccc(Br)c(F)c1. The summed E-state index contributed by atoms with van der Waals surface area (Å²) < 4.78 is 14.1. The molecule has 1 fully saturated rings. The highest BCUT2D eigenvalue weighted by molar-refractivity contribution is 9.10. The van der Waals surface area contributed by atoms with Crippen LogP contribution in [0.1, 0.15) is 18.0 Å². The molecule has 0 aliphatic carbocycles. The first-order valence-corrected chi connectivity index (χ1v) is 6.72. The van der Waals surface area contributed by atoms with Crippen molar-refractivity contribution in [3.8, 4) is 0 Å². The number of nitrogens with one attached hydrogen (secondary N) is 1. The van der Waals surface area contributed by atoms with Crippen molar-refractivity contribution >= 4 is 15.9 Å². The predicted octanol–water partition coefficient (Wildman–Crippen LogP) is 2.80. The number of hydrogen-bond donors (Lipinski definition) is 1. The lowest BCUT2D eigenvalue weighted by atomic mass is 9.93. The fourth-order valence-corrected chi connectivity index (χ4v) is 2.97. The van der Waals surface area contributed by atoms with Crippen molar-refractivity contribution < 1.29 is 4.39 Å². The van der Waals surface area contributed by atoms with Crippen molar-refractivity contribution in [3.63, 3.8) is 0 Å². The highest BCUT2D eigenvalue weighted by Crippen LogP contribution is 2.36. The Morgan fingerprint density at radius 1 is 1.53 bits per heavy atom. The van der Waals surface area contributed by atoms with Gasteiger partial charge >= 0.3 is 0 Å². The number of nitrogens with zero attached hydrogens (tertiary/aromatic N) is 1. The first kappa shape index (κ1) is 13.0. The lowest BCUT2D eigenvalue weighted by Crippen LogP contribution is -2.26. The molecule has 0 saturated carbocycles. The highest BCUT2D eigenvalue weighted by Gasteiger charge is 2.32. The molecule has 1 aromatic rings. The molecule has 2 atom stereocenters. The topological polar surface area (TPSA) is 15.3 Å². The molecule has 0 bridgehead atoms. The number of rotatable bonds is 3. The van der Waals surface area contributed by atoms with Crippen LogP contribution in [0.4, 0.5) is 4.39 Å². The summed E-state index contributed by atoms with van der Waals surface area (Å²) in [7, 11) is 4.08. The summed E-state index contributed by atoms with van der Waals surface area (Å²) in [5.41, 5.74) is 1.07. The monoisotopic (exact) mass is 300 g/mol. The molecule has 1 aliphatic heterocycles. The van der Waals surface area contributed by atoms with Gasteiger partial charge in [-0.05, 0) is 73.1 Å². The van der Waals surface area contributed by atoms with Gasteiger partial charge in [-0.25, -0.2) is 4.39 Å². The van der Waals surface area contributed by atoms with E-state index in [2.05, 4.69) is 33.2 Å². The Balaban J connectivity index is 2.26. The van der Waals surface area contributed by atoms with E-state index in [0.29, 0.717) is 16.4 Å². The van der Waals surface area contributed by atoms with Crippen LogP contribution in [0, 0.1) is 11.7 Å². The Morgan fingerprint density at radius 2 is 2.29 bits per heavy atom. The molecule has 0 amide bonds. The van der Waals surface area contributed by atoms with Crippen LogP contribution < -0.4 is 5.32 Å². The Morgan fingerprint density at radius 3 is 2.94 bits per heavy atom. The lowest BCUT2D eigenvalue weighted by molar-refractivity contribution is 0.273. The Bertz CT molecular complexity index is 395. The van der Waals surface area contributed by atoms with E-state index in [1.807, 2.05) is 13.1 Å². The summed E-state index contributed by atoms with van der Waals surface area (Å²) in [5.74, 6) is 0.386. The molecule has 1 aromatic carbocycles. The van der Waals surface area contributed by atoms with Gasteiger partial charge in [-0.15, -0.1) is 0 Å². The highest BCUT2D eigenvalue weighted by atomic mass is 79.9. The van der Waals surface area contributed by atoms with Crippen molar-refractivity contribution in [2.24, 2.45) is 5.92 Å². The fourth-order valence-electron chi connectivity index (χ4n) is 2.73. The van der Waals surface area contributed by atoms with Gasteiger partial charge in [0.1, 0.15) is 5.82 Å². The van der Waals surface area contributed by atoms with E-state index in [1.54, 1.807) is 12.1 Å². The third-order valence-corrected chi connectivity index (χ3v) is 4.17. The van der Waals surface area contributed by atoms with Gasteiger partial charge in [0.2, 0.25) is 0 Å². The van der Waals surface area contributed by atoms with Gasteiger partial charge in [-0.1, -0.05) is 6.07 Å². The van der Waals surface area contributed by atoms with Crippen molar-refractivity contribution in [1.29, 1.82) is 0 Å². The normalized spacial score (nSPS) is 25.4. The smallest absolute Gasteiger partial charge is 0.137 e. The summed E-state index contributed by atoms with van der Waals surface area (Å²) in [6.45, 7) is 2.06. The molecule has 2 nitrogen and oxygen atoms in total. The Kier molecular flexibility index (Phi) is 4.17. The van der Waals surface area contributed by atoms with E-state index in [-0.39, 0.29) is 5.82 Å². The van der Waals surface area contributed by atoms with Gasteiger partial charge < -0.3 is 5.32 Å². The van der Waals surface area contributed by atoms with Crippen LogP contribution >= 0.6 is 15.9 Å².